The van der Waals surface area contributed by atoms with Gasteiger partial charge in [-0.15, -0.1) is 6.58 Å². The van der Waals surface area contributed by atoms with Gasteiger partial charge in [0.25, 0.3) is 10.7 Å². The topological polar surface area (TPSA) is 130 Å². The van der Waals surface area contributed by atoms with Gasteiger partial charge in [-0.2, -0.15) is 0 Å². The number of aromatic nitrogens is 4. The average Bonchev–Trinajstić information content (AvgIpc) is 3.43. The van der Waals surface area contributed by atoms with Crippen LogP contribution in [-0.4, -0.2) is 60.1 Å². The number of aliphatic hydroxyl groups excluding tert-OH is 1. The lowest BCUT2D eigenvalue weighted by atomic mass is 10.1. The lowest BCUT2D eigenvalue weighted by Crippen LogP contribution is -2.41. The molecule has 2 N–H and O–H groups in total. The number of hydrogen-bond acceptors (Lipinski definition) is 9. The van der Waals surface area contributed by atoms with Crippen molar-refractivity contribution >= 4 is 17.4 Å². The van der Waals surface area contributed by atoms with Gasteiger partial charge in [0.05, 0.1) is 12.2 Å². The maximum absolute atomic E-state index is 12.9. The number of H-pyrrole nitrogens is 1. The van der Waals surface area contributed by atoms with Crippen molar-refractivity contribution < 1.29 is 24.1 Å². The van der Waals surface area contributed by atoms with E-state index < -0.39 is 41.6 Å². The largest absolute Gasteiger partial charge is 0.465 e. The van der Waals surface area contributed by atoms with Gasteiger partial charge >= 0.3 is 5.69 Å². The van der Waals surface area contributed by atoms with Gasteiger partial charge in [-0.25, -0.2) is 9.78 Å². The van der Waals surface area contributed by atoms with Crippen molar-refractivity contribution in [1.82, 2.24) is 19.1 Å². The van der Waals surface area contributed by atoms with Crippen LogP contribution in [0.25, 0.3) is 0 Å². The van der Waals surface area contributed by atoms with Crippen LogP contribution in [0.15, 0.2) is 41.0 Å². The third-order valence-corrected chi connectivity index (χ3v) is 5.63. The molecule has 11 nitrogen and oxygen atoms in total. The zero-order chi connectivity index (χ0) is 23.0. The highest BCUT2D eigenvalue weighted by atomic mass is 32.1. The number of thiocarbonyl (C=S) groups is 1. The van der Waals surface area contributed by atoms with E-state index in [2.05, 4.69) is 16.5 Å². The molecule has 0 radical (unpaired) electrons. The predicted octanol–water partition coefficient (Wildman–Crippen LogP) is 0.221. The molecule has 0 saturated carbocycles. The highest BCUT2D eigenvalue weighted by Crippen LogP contribution is 2.42. The molecule has 4 atom stereocenters. The SMILES string of the molecule is C=CCc1c(COC(=S)n2ccnc2)c(=O)[nH]c(=O)n1[C@@H]1O[C@H](CO)[C@H]2OC(C)(C)O[C@H]21. The zero-order valence-corrected chi connectivity index (χ0v) is 18.4. The first-order chi connectivity index (χ1) is 15.3. The maximum atomic E-state index is 12.9. The van der Waals surface area contributed by atoms with Crippen LogP contribution in [0.1, 0.15) is 31.3 Å². The number of aliphatic hydroxyl groups is 1. The Bertz CT molecular complexity index is 1120. The summed E-state index contributed by atoms with van der Waals surface area (Å²) >= 11 is 5.22. The second-order valence-corrected chi connectivity index (χ2v) is 8.23. The molecule has 2 saturated heterocycles. The van der Waals surface area contributed by atoms with Crippen LogP contribution < -0.4 is 11.2 Å². The fraction of sp³-hybridized carbons (Fsp3) is 0.500. The maximum Gasteiger partial charge on any atom is 0.330 e. The first-order valence-electron chi connectivity index (χ1n) is 10.00. The van der Waals surface area contributed by atoms with Crippen LogP contribution in [0, 0.1) is 0 Å². The van der Waals surface area contributed by atoms with Gasteiger partial charge in [0.2, 0.25) is 0 Å². The summed E-state index contributed by atoms with van der Waals surface area (Å²) in [6.45, 7) is 6.71. The molecule has 0 aromatic carbocycles. The van der Waals surface area contributed by atoms with Crippen molar-refractivity contribution in [2.24, 2.45) is 0 Å². The van der Waals surface area contributed by atoms with Crippen LogP contribution in [-0.2, 0) is 32.0 Å². The third-order valence-electron chi connectivity index (χ3n) is 5.31. The van der Waals surface area contributed by atoms with E-state index >= 15 is 0 Å². The molecule has 2 fully saturated rings. The van der Waals surface area contributed by atoms with Crippen LogP contribution in [0.2, 0.25) is 0 Å². The molecule has 0 bridgehead atoms. The van der Waals surface area contributed by atoms with Crippen LogP contribution >= 0.6 is 12.2 Å². The number of nitrogens with zero attached hydrogens (tertiary/aromatic N) is 3. The van der Waals surface area contributed by atoms with Crippen molar-refractivity contribution in [1.29, 1.82) is 0 Å². The van der Waals surface area contributed by atoms with Gasteiger partial charge in [-0.3, -0.25) is 18.9 Å². The van der Waals surface area contributed by atoms with Gasteiger partial charge in [0.1, 0.15) is 31.2 Å². The zero-order valence-electron chi connectivity index (χ0n) is 17.6. The summed E-state index contributed by atoms with van der Waals surface area (Å²) in [5.41, 5.74) is -0.743. The van der Waals surface area contributed by atoms with Crippen molar-refractivity contribution in [3.63, 3.8) is 0 Å². The van der Waals surface area contributed by atoms with Gasteiger partial charge in [0, 0.05) is 24.5 Å². The summed E-state index contributed by atoms with van der Waals surface area (Å²) in [4.78, 5) is 31.8. The average molecular weight is 465 g/mol. The van der Waals surface area contributed by atoms with Crippen molar-refractivity contribution in [3.05, 3.63) is 63.5 Å². The van der Waals surface area contributed by atoms with E-state index in [-0.39, 0.29) is 30.4 Å². The fourth-order valence-electron chi connectivity index (χ4n) is 4.00. The van der Waals surface area contributed by atoms with Crippen LogP contribution in [0.5, 0.6) is 0 Å². The summed E-state index contributed by atoms with van der Waals surface area (Å²) in [6.07, 6.45) is 3.49. The normalized spacial score (nSPS) is 26.1. The van der Waals surface area contributed by atoms with E-state index in [1.165, 1.54) is 15.5 Å². The highest BCUT2D eigenvalue weighted by molar-refractivity contribution is 7.80. The van der Waals surface area contributed by atoms with E-state index in [1.54, 1.807) is 32.3 Å². The summed E-state index contributed by atoms with van der Waals surface area (Å²) in [7, 11) is 0. The molecular formula is C20H24N4O7S. The van der Waals surface area contributed by atoms with E-state index in [0.717, 1.165) is 0 Å². The molecule has 12 heteroatoms. The minimum Gasteiger partial charge on any atom is -0.465 e. The van der Waals surface area contributed by atoms with Gasteiger partial charge < -0.3 is 24.1 Å². The van der Waals surface area contributed by atoms with Crippen LogP contribution in [0.3, 0.4) is 0 Å². The molecule has 0 amide bonds. The summed E-state index contributed by atoms with van der Waals surface area (Å²) in [6, 6.07) is 0. The first-order valence-corrected chi connectivity index (χ1v) is 10.4. The van der Waals surface area contributed by atoms with E-state index in [0.29, 0.717) is 5.69 Å². The monoisotopic (exact) mass is 464 g/mol. The first kappa shape index (κ1) is 22.6. The standard InChI is InChI=1S/C20H24N4O7S/c1-4-5-12-11(9-28-19(32)23-7-6-21-10-23)16(26)22-18(27)24(12)17-15-14(13(8-25)29-17)30-20(2,3)31-15/h4,6-7,10,13-15,17,25H,1,5,8-9H2,2-3H3,(H,22,26,27)/t13-,14-,15-,17-/m1/s1. The number of ether oxygens (including phenoxy) is 4. The minimum atomic E-state index is -0.933. The Morgan fingerprint density at radius 2 is 2.16 bits per heavy atom. The van der Waals surface area contributed by atoms with Gasteiger partial charge in [0.15, 0.2) is 12.0 Å². The van der Waals surface area contributed by atoms with Crippen molar-refractivity contribution in [2.45, 2.75) is 57.2 Å². The van der Waals surface area contributed by atoms with E-state index in [9.17, 15) is 14.7 Å². The molecule has 0 unspecified atom stereocenters. The molecular weight excluding hydrogens is 440 g/mol. The molecule has 172 valence electrons. The second kappa shape index (κ2) is 8.71. The number of hydrogen-bond donors (Lipinski definition) is 2. The van der Waals surface area contributed by atoms with E-state index in [1.807, 2.05) is 0 Å². The minimum absolute atomic E-state index is 0.0935. The van der Waals surface area contributed by atoms with Crippen molar-refractivity contribution in [3.8, 4) is 0 Å². The highest BCUT2D eigenvalue weighted by Gasteiger charge is 2.56. The van der Waals surface area contributed by atoms with Crippen molar-refractivity contribution in [2.75, 3.05) is 6.61 Å². The lowest BCUT2D eigenvalue weighted by molar-refractivity contribution is -0.200. The summed E-state index contributed by atoms with van der Waals surface area (Å²) in [5.74, 6) is -0.919. The molecule has 0 spiro atoms. The molecule has 2 aliphatic rings. The Hall–Kier alpha value is -2.64. The molecule has 4 heterocycles. The molecule has 0 aliphatic carbocycles. The van der Waals surface area contributed by atoms with E-state index in [4.69, 9.17) is 31.2 Å². The smallest absolute Gasteiger partial charge is 0.330 e. The Kier molecular flexibility index (Phi) is 6.14. The number of allylic oxidation sites excluding steroid dienone is 1. The lowest BCUT2D eigenvalue weighted by Gasteiger charge is -2.26. The Labute approximate surface area is 188 Å². The Morgan fingerprint density at radius 3 is 2.81 bits per heavy atom. The van der Waals surface area contributed by atoms with Crippen LogP contribution in [0.4, 0.5) is 0 Å². The summed E-state index contributed by atoms with van der Waals surface area (Å²) in [5, 5.41) is 9.85. The number of imidazole rings is 1. The number of rotatable bonds is 6. The molecule has 32 heavy (non-hydrogen) atoms. The molecule has 4 rings (SSSR count). The Balaban J connectivity index is 1.73. The second-order valence-electron chi connectivity index (χ2n) is 7.88. The van der Waals surface area contributed by atoms with Gasteiger partial charge in [-0.05, 0) is 26.1 Å². The predicted molar refractivity (Wildman–Crippen MR) is 115 cm³/mol. The number of fused-ring (bicyclic) bond motifs is 1. The Morgan fingerprint density at radius 1 is 1.41 bits per heavy atom. The van der Waals surface area contributed by atoms with Gasteiger partial charge in [-0.1, -0.05) is 6.08 Å². The third kappa shape index (κ3) is 4.07. The molecule has 2 aromatic heterocycles. The molecule has 2 aromatic rings. The fourth-order valence-corrected chi connectivity index (χ4v) is 4.16. The number of nitrogens with one attached hydrogen (secondary N) is 1. The summed E-state index contributed by atoms with van der Waals surface area (Å²) < 4.78 is 26.2. The number of aromatic amines is 1. The quantitative estimate of drug-likeness (QED) is 0.455. The molecule has 2 aliphatic heterocycles.